The summed E-state index contributed by atoms with van der Waals surface area (Å²) in [5.74, 6) is -1.04. The van der Waals surface area contributed by atoms with E-state index in [1.165, 1.54) is 27.9 Å². The smallest absolute Gasteiger partial charge is 0.324 e. The van der Waals surface area contributed by atoms with Crippen LogP contribution in [0.4, 0.5) is 10.2 Å². The summed E-state index contributed by atoms with van der Waals surface area (Å²) in [7, 11) is -2.94. The molecule has 1 aliphatic carbocycles. The number of nitrogens with one attached hydrogen (secondary N) is 2. The van der Waals surface area contributed by atoms with Crippen LogP contribution in [0.15, 0.2) is 121 Å². The first-order valence-corrected chi connectivity index (χ1v) is 26.7. The monoisotopic (exact) mass is 977 g/mol. The van der Waals surface area contributed by atoms with Crippen molar-refractivity contribution in [3.63, 3.8) is 0 Å². The molecule has 1 amide bonds. The summed E-state index contributed by atoms with van der Waals surface area (Å²) in [6.45, 7) is 4.46. The van der Waals surface area contributed by atoms with E-state index >= 15 is 4.39 Å². The van der Waals surface area contributed by atoms with E-state index in [2.05, 4.69) is 80.5 Å². The fourth-order valence-corrected chi connectivity index (χ4v) is 15.4. The average Bonchev–Trinajstić information content (AvgIpc) is 4.14. The Kier molecular flexibility index (Phi) is 12.3. The van der Waals surface area contributed by atoms with Crippen LogP contribution in [0.2, 0.25) is 5.04 Å². The predicted molar refractivity (Wildman–Crippen MR) is 257 cm³/mol. The number of halogens is 1. The van der Waals surface area contributed by atoms with Crippen LogP contribution >= 0.6 is 6.72 Å². The molecule has 6 heterocycles. The lowest BCUT2D eigenvalue weighted by Crippen LogP contribution is -2.67. The van der Waals surface area contributed by atoms with Gasteiger partial charge in [0.2, 0.25) is 5.78 Å². The molecule has 22 heteroatoms. The van der Waals surface area contributed by atoms with Crippen molar-refractivity contribution in [2.75, 3.05) is 25.1 Å². The van der Waals surface area contributed by atoms with Gasteiger partial charge in [0.05, 0.1) is 32.0 Å². The maximum Gasteiger partial charge on any atom is 0.324 e. The van der Waals surface area contributed by atoms with Crippen LogP contribution in [0.1, 0.15) is 56.7 Å². The van der Waals surface area contributed by atoms with Crippen molar-refractivity contribution in [3.05, 3.63) is 132 Å². The van der Waals surface area contributed by atoms with Gasteiger partial charge in [0.15, 0.2) is 40.5 Å². The SMILES string of the molecule is C[C@H]1[C@@H](F)[C@H](n2cnc3c(NC(=O)c4ccccc4)ncnc32)O[C@@H]1COP(O)(=S)OC[C@@H]1[C@@H](CO[Si](c2ccccc2)(c2ccccc2)C(C)(C)C)C[C@H]1n1cnc2c(=O)n3cn[nH]c3nc21. The van der Waals surface area contributed by atoms with Gasteiger partial charge in [-0.3, -0.25) is 14.2 Å². The molecule has 1 saturated heterocycles. The second-order valence-corrected chi connectivity index (χ2v) is 25.4. The van der Waals surface area contributed by atoms with Gasteiger partial charge in [-0.15, -0.1) is 0 Å². The van der Waals surface area contributed by atoms with Gasteiger partial charge in [0, 0.05) is 30.0 Å². The Morgan fingerprint density at radius 3 is 2.24 bits per heavy atom. The highest BCUT2D eigenvalue weighted by atomic mass is 32.5. The standard InChI is InChI=1S/C46H49FN11O7PSSi/c1-28-35(65-44(36(28)47)57-26-50-37-39(48-24-49-40(37)57)53-42(59)29-14-8-5-9-15-29)23-63-66(61,67)62-22-33-30(20-34(33)56-25-51-38-41(56)54-45-55-52-27-58(45)43(38)60)21-64-68(46(2,3)4,31-16-10-6-11-17-31)32-18-12-7-13-19-32/h5-19,24-28,30,33-36,44H,20-23H2,1-4H3,(H,54,55)(H,61,67)(H,48,49,53,59)/t28-,30-,33-,34-,35-,36-,44-,66?/m1/s1. The molecule has 8 atom stereocenters. The van der Waals surface area contributed by atoms with Crippen molar-refractivity contribution in [2.45, 2.75) is 63.7 Å². The van der Waals surface area contributed by atoms with Crippen LogP contribution in [0, 0.1) is 17.8 Å². The van der Waals surface area contributed by atoms with Gasteiger partial charge < -0.3 is 33.0 Å². The summed E-state index contributed by atoms with van der Waals surface area (Å²) in [6.07, 6.45) is 2.71. The summed E-state index contributed by atoms with van der Waals surface area (Å²) in [4.78, 5) is 60.0. The van der Waals surface area contributed by atoms with Gasteiger partial charge >= 0.3 is 6.72 Å². The zero-order valence-corrected chi connectivity index (χ0v) is 40.2. The largest absolute Gasteiger partial charge is 0.407 e. The number of nitrogens with zero attached hydrogens (tertiary/aromatic N) is 9. The topological polar surface area (TPSA) is 211 Å². The molecule has 1 saturated carbocycles. The number of ether oxygens (including phenoxy) is 1. The van der Waals surface area contributed by atoms with Crippen LogP contribution in [-0.2, 0) is 30.0 Å². The molecular formula is C46H49FN11O7PSSi. The fourth-order valence-electron chi connectivity index (χ4n) is 9.62. The molecule has 10 rings (SSSR count). The van der Waals surface area contributed by atoms with Gasteiger partial charge in [-0.2, -0.15) is 10.1 Å². The number of hydrogen-bond donors (Lipinski definition) is 3. The molecular weight excluding hydrogens is 929 g/mol. The number of amides is 1. The summed E-state index contributed by atoms with van der Waals surface area (Å²) >= 11 is 5.60. The molecule has 2 fully saturated rings. The first-order chi connectivity index (χ1) is 32.7. The molecule has 3 aromatic carbocycles. The molecule has 1 aliphatic heterocycles. The minimum Gasteiger partial charge on any atom is -0.407 e. The van der Waals surface area contributed by atoms with Crippen molar-refractivity contribution in [1.82, 2.24) is 48.7 Å². The molecule has 68 heavy (non-hydrogen) atoms. The van der Waals surface area contributed by atoms with Crippen molar-refractivity contribution in [2.24, 2.45) is 17.8 Å². The lowest BCUT2D eigenvalue weighted by atomic mass is 9.70. The Morgan fingerprint density at radius 1 is 0.897 bits per heavy atom. The van der Waals surface area contributed by atoms with Gasteiger partial charge in [-0.1, -0.05) is 107 Å². The molecule has 0 spiro atoms. The maximum absolute atomic E-state index is 16.2. The Bertz CT molecular complexity index is 3170. The normalized spacial score (nSPS) is 22.9. The number of benzene rings is 3. The van der Waals surface area contributed by atoms with E-state index in [0.29, 0.717) is 24.2 Å². The highest BCUT2D eigenvalue weighted by Gasteiger charge is 2.53. The van der Waals surface area contributed by atoms with Crippen molar-refractivity contribution < 1.29 is 32.3 Å². The van der Waals surface area contributed by atoms with Crippen molar-refractivity contribution >= 4 is 77.0 Å². The molecule has 352 valence electrons. The molecule has 8 aromatic rings. The van der Waals surface area contributed by atoms with Gasteiger partial charge in [0.25, 0.3) is 19.8 Å². The number of H-pyrrole nitrogens is 1. The van der Waals surface area contributed by atoms with E-state index in [0.717, 1.165) is 10.4 Å². The number of carbonyl (C=O) groups excluding carboxylic acids is 1. The molecule has 0 bridgehead atoms. The lowest BCUT2D eigenvalue weighted by molar-refractivity contribution is -0.0388. The predicted octanol–water partition coefficient (Wildman–Crippen LogP) is 5.73. The van der Waals surface area contributed by atoms with E-state index in [9.17, 15) is 14.5 Å². The summed E-state index contributed by atoms with van der Waals surface area (Å²) in [6, 6.07) is 29.1. The highest BCUT2D eigenvalue weighted by molar-refractivity contribution is 8.07. The van der Waals surface area contributed by atoms with Gasteiger partial charge in [0.1, 0.15) is 12.7 Å². The third-order valence-electron chi connectivity index (χ3n) is 13.3. The number of aromatic amines is 1. The quantitative estimate of drug-likeness (QED) is 0.0828. The van der Waals surface area contributed by atoms with Crippen LogP contribution in [0.25, 0.3) is 28.1 Å². The molecule has 1 unspecified atom stereocenters. The van der Waals surface area contributed by atoms with Crippen molar-refractivity contribution in [3.8, 4) is 0 Å². The Labute approximate surface area is 395 Å². The number of rotatable bonds is 15. The Morgan fingerprint density at radius 2 is 1.54 bits per heavy atom. The van der Waals surface area contributed by atoms with E-state index in [-0.39, 0.29) is 75.9 Å². The fraction of sp³-hybridized carbons (Fsp3) is 0.348. The molecule has 2 aliphatic rings. The van der Waals surface area contributed by atoms with Gasteiger partial charge in [-0.25, -0.2) is 33.8 Å². The minimum absolute atomic E-state index is 0.0303. The van der Waals surface area contributed by atoms with E-state index in [4.69, 9.17) is 35.0 Å². The number of aromatic nitrogens is 10. The first-order valence-electron chi connectivity index (χ1n) is 22.2. The number of alkyl halides is 1. The van der Waals surface area contributed by atoms with Crippen molar-refractivity contribution in [1.29, 1.82) is 0 Å². The van der Waals surface area contributed by atoms with E-state index in [1.54, 1.807) is 43.6 Å². The minimum atomic E-state index is -3.96. The number of hydrogen-bond acceptors (Lipinski definition) is 13. The third-order valence-corrected chi connectivity index (χ3v) is 19.9. The second kappa shape index (κ2) is 18.2. The second-order valence-electron chi connectivity index (χ2n) is 18.3. The van der Waals surface area contributed by atoms with Crippen LogP contribution in [0.3, 0.4) is 0 Å². The van der Waals surface area contributed by atoms with Gasteiger partial charge in [-0.05, 0) is 51.7 Å². The van der Waals surface area contributed by atoms with E-state index in [1.807, 2.05) is 41.0 Å². The summed E-state index contributed by atoms with van der Waals surface area (Å²) in [5.41, 5.74) is 1.15. The first kappa shape index (κ1) is 45.9. The van der Waals surface area contributed by atoms with Crippen LogP contribution < -0.4 is 21.2 Å². The number of imidazole rings is 2. The maximum atomic E-state index is 16.2. The zero-order valence-electron chi connectivity index (χ0n) is 37.5. The Hall–Kier alpha value is -5.90. The molecule has 18 nitrogen and oxygen atoms in total. The highest BCUT2D eigenvalue weighted by Crippen LogP contribution is 2.52. The summed E-state index contributed by atoms with van der Waals surface area (Å²) in [5, 5.41) is 11.5. The lowest BCUT2D eigenvalue weighted by Gasteiger charge is -2.49. The van der Waals surface area contributed by atoms with E-state index < -0.39 is 39.5 Å². The number of anilines is 1. The number of carbonyl (C=O) groups is 1. The molecule has 3 N–H and O–H groups in total. The van der Waals surface area contributed by atoms with Crippen LogP contribution in [0.5, 0.6) is 0 Å². The zero-order chi connectivity index (χ0) is 47.4. The average molecular weight is 978 g/mol. The number of fused-ring (bicyclic) bond motifs is 3. The van der Waals surface area contributed by atoms with Crippen LogP contribution in [-0.4, -0.2) is 99.9 Å². The summed E-state index contributed by atoms with van der Waals surface area (Å²) < 4.78 is 46.5. The third kappa shape index (κ3) is 8.29. The Balaban J connectivity index is 0.869. The molecule has 5 aromatic heterocycles. The molecule has 0 radical (unpaired) electrons.